The van der Waals surface area contributed by atoms with Crippen LogP contribution in [0.2, 0.25) is 0 Å². The number of anilines is 3. The van der Waals surface area contributed by atoms with Crippen molar-refractivity contribution >= 4 is 41.6 Å². The second kappa shape index (κ2) is 13.9. The molecule has 2 aliphatic heterocycles. The van der Waals surface area contributed by atoms with Crippen LogP contribution in [0.3, 0.4) is 0 Å². The number of nitrogens with zero attached hydrogens (tertiary/aromatic N) is 7. The van der Waals surface area contributed by atoms with Crippen molar-refractivity contribution in [2.24, 2.45) is 22.7 Å². The summed E-state index contributed by atoms with van der Waals surface area (Å²) in [6.45, 7) is 17.9. The van der Waals surface area contributed by atoms with Crippen LogP contribution in [0.5, 0.6) is 0 Å². The van der Waals surface area contributed by atoms with Gasteiger partial charge in [0.15, 0.2) is 11.6 Å². The van der Waals surface area contributed by atoms with Crippen LogP contribution >= 0.6 is 12.4 Å². The van der Waals surface area contributed by atoms with Crippen LogP contribution in [0.4, 0.5) is 17.6 Å². The molecule has 7 rings (SSSR count). The highest BCUT2D eigenvalue weighted by Gasteiger charge is 2.64. The summed E-state index contributed by atoms with van der Waals surface area (Å²) < 4.78 is 0. The van der Waals surface area contributed by atoms with Crippen molar-refractivity contribution in [2.45, 2.75) is 78.2 Å². The average Bonchev–Trinajstić information content (AvgIpc) is 3.37. The molecule has 1 aromatic heterocycles. The van der Waals surface area contributed by atoms with Gasteiger partial charge in [0.25, 0.3) is 0 Å². The molecule has 11 heteroatoms. The molecule has 0 bridgehead atoms. The lowest BCUT2D eigenvalue weighted by molar-refractivity contribution is -0.154. The number of piperazine rings is 2. The summed E-state index contributed by atoms with van der Waals surface area (Å²) in [5, 5.41) is 12.3. The van der Waals surface area contributed by atoms with Gasteiger partial charge >= 0.3 is 0 Å². The van der Waals surface area contributed by atoms with Gasteiger partial charge in [-0.05, 0) is 77.3 Å². The summed E-state index contributed by atoms with van der Waals surface area (Å²) in [5.74, 6) is 3.69. The Morgan fingerprint density at radius 1 is 0.939 bits per heavy atom. The minimum atomic E-state index is -1.31. The van der Waals surface area contributed by atoms with E-state index in [2.05, 4.69) is 71.4 Å². The Bertz CT molecular complexity index is 1480. The number of halogens is 1. The third-order valence-corrected chi connectivity index (χ3v) is 13.6. The number of hydrogen-bond acceptors (Lipinski definition) is 10. The van der Waals surface area contributed by atoms with Gasteiger partial charge < -0.3 is 24.7 Å². The molecular weight excluding hydrogens is 638 g/mol. The summed E-state index contributed by atoms with van der Waals surface area (Å²) in [6.07, 6.45) is 9.94. The Morgan fingerprint density at radius 3 is 2.20 bits per heavy atom. The Morgan fingerprint density at radius 2 is 1.57 bits per heavy atom. The molecule has 10 nitrogen and oxygen atoms in total. The maximum atomic E-state index is 14.2. The highest BCUT2D eigenvalue weighted by Crippen LogP contribution is 2.65. The van der Waals surface area contributed by atoms with Crippen molar-refractivity contribution in [3.63, 3.8) is 0 Å². The standard InChI is InChI=1S/C38H57N7O3.ClH/c1-6-43(7-2)35-39-33(44-20-16-41(5)17-21-44)25-34(40-35)45-22-18-42(19-23-45)26-32(47)38(48)15-12-31-29-9-8-27-24-28(46)10-13-36(27,3)30(29)11-14-37(31,38)4;/h11,24-25,29,31,48H,6-10,12-23,26H2,1-5H3;1H/t29-,31+,36+,37+,38+;/m1./s1. The molecule has 0 spiro atoms. The van der Waals surface area contributed by atoms with Crippen molar-refractivity contribution < 1.29 is 14.7 Å². The number of allylic oxidation sites excluding steroid dienone is 4. The fourth-order valence-electron chi connectivity index (χ4n) is 10.2. The molecule has 49 heavy (non-hydrogen) atoms. The fraction of sp³-hybridized carbons (Fsp3) is 0.737. The van der Waals surface area contributed by atoms with Gasteiger partial charge in [-0.2, -0.15) is 9.97 Å². The molecule has 0 radical (unpaired) electrons. The highest BCUT2D eigenvalue weighted by molar-refractivity contribution is 5.92. The Labute approximate surface area is 299 Å². The molecule has 0 aromatic carbocycles. The first kappa shape index (κ1) is 36.3. The van der Waals surface area contributed by atoms with Gasteiger partial charge in [0.05, 0.1) is 6.54 Å². The van der Waals surface area contributed by atoms with Gasteiger partial charge in [0, 0.05) is 88.8 Å². The number of likely N-dealkylation sites (N-methyl/N-ethyl adjacent to an activating group) is 1. The maximum Gasteiger partial charge on any atom is 0.229 e. The predicted molar refractivity (Wildman–Crippen MR) is 198 cm³/mol. The molecule has 4 fully saturated rings. The molecule has 6 aliphatic rings. The zero-order valence-corrected chi connectivity index (χ0v) is 31.2. The average molecular weight is 696 g/mol. The zero-order chi connectivity index (χ0) is 33.8. The Balaban J connectivity index is 0.00000417. The number of ketones is 2. The SMILES string of the molecule is CCN(CC)c1nc(N2CCN(C)CC2)cc(N2CCN(CC(=O)[C@@]3(O)CC[C@H]4[C@@H]5CCC6=CC(=O)CC[C@]6(C)C5=CC[C@@]43C)CC2)n1.Cl. The Kier molecular flexibility index (Phi) is 10.3. The molecule has 1 N–H and O–H groups in total. The quantitative estimate of drug-likeness (QED) is 0.395. The van der Waals surface area contributed by atoms with E-state index in [-0.39, 0.29) is 29.4 Å². The smallest absolute Gasteiger partial charge is 0.229 e. The van der Waals surface area contributed by atoms with Crippen LogP contribution in [-0.2, 0) is 9.59 Å². The number of aromatic nitrogens is 2. The maximum absolute atomic E-state index is 14.2. The summed E-state index contributed by atoms with van der Waals surface area (Å²) >= 11 is 0. The van der Waals surface area contributed by atoms with Gasteiger partial charge in [0.1, 0.15) is 17.2 Å². The molecule has 0 amide bonds. The molecule has 3 heterocycles. The third-order valence-electron chi connectivity index (χ3n) is 13.6. The summed E-state index contributed by atoms with van der Waals surface area (Å²) in [4.78, 5) is 48.0. The van der Waals surface area contributed by atoms with Crippen LogP contribution in [0.25, 0.3) is 0 Å². The summed E-state index contributed by atoms with van der Waals surface area (Å²) in [6, 6.07) is 2.15. The molecule has 4 aliphatic carbocycles. The van der Waals surface area contributed by atoms with E-state index < -0.39 is 11.0 Å². The van der Waals surface area contributed by atoms with Crippen LogP contribution in [0, 0.1) is 22.7 Å². The molecular formula is C38H58ClN7O3. The monoisotopic (exact) mass is 695 g/mol. The van der Waals surface area contributed by atoms with Gasteiger partial charge in [-0.15, -0.1) is 12.4 Å². The lowest BCUT2D eigenvalue weighted by Crippen LogP contribution is -2.58. The number of carbonyl (C=O) groups excluding carboxylic acids is 2. The van der Waals surface area contributed by atoms with E-state index in [0.717, 1.165) is 115 Å². The van der Waals surface area contributed by atoms with Crippen molar-refractivity contribution in [3.8, 4) is 0 Å². The first-order valence-corrected chi connectivity index (χ1v) is 18.7. The van der Waals surface area contributed by atoms with E-state index in [0.29, 0.717) is 31.2 Å². The minimum absolute atomic E-state index is 0. The number of hydrogen-bond donors (Lipinski definition) is 1. The molecule has 2 saturated heterocycles. The topological polar surface area (TPSA) is 96.4 Å². The third kappa shape index (κ3) is 6.23. The zero-order valence-electron chi connectivity index (χ0n) is 30.4. The van der Waals surface area contributed by atoms with Crippen LogP contribution in [-0.4, -0.2) is 121 Å². The number of carbonyl (C=O) groups is 2. The van der Waals surface area contributed by atoms with Crippen LogP contribution < -0.4 is 14.7 Å². The number of aliphatic hydroxyl groups is 1. The van der Waals surface area contributed by atoms with Gasteiger partial charge in [-0.1, -0.05) is 31.1 Å². The van der Waals surface area contributed by atoms with Crippen molar-refractivity contribution in [3.05, 3.63) is 29.4 Å². The van der Waals surface area contributed by atoms with E-state index in [1.54, 1.807) is 0 Å². The van der Waals surface area contributed by atoms with Gasteiger partial charge in [-0.25, -0.2) is 0 Å². The van der Waals surface area contributed by atoms with Crippen LogP contribution in [0.1, 0.15) is 72.6 Å². The Hall–Kier alpha value is -2.53. The lowest BCUT2D eigenvalue weighted by Gasteiger charge is -2.54. The second-order valence-corrected chi connectivity index (χ2v) is 15.9. The molecule has 5 atom stereocenters. The molecule has 0 unspecified atom stereocenters. The number of rotatable bonds is 8. The minimum Gasteiger partial charge on any atom is -0.381 e. The summed E-state index contributed by atoms with van der Waals surface area (Å²) in [7, 11) is 2.17. The highest BCUT2D eigenvalue weighted by atomic mass is 35.5. The lowest BCUT2D eigenvalue weighted by atomic mass is 9.50. The van der Waals surface area contributed by atoms with E-state index in [1.807, 2.05) is 6.08 Å². The normalized spacial score (nSPS) is 33.6. The van der Waals surface area contributed by atoms with Crippen LogP contribution in [0.15, 0.2) is 29.4 Å². The first-order valence-electron chi connectivity index (χ1n) is 18.7. The van der Waals surface area contributed by atoms with E-state index in [4.69, 9.17) is 9.97 Å². The number of Topliss-reactive ketones (excluding diaryl/α,β-unsaturated/α-hetero) is 1. The van der Waals surface area contributed by atoms with Gasteiger partial charge in [-0.3, -0.25) is 14.5 Å². The second-order valence-electron chi connectivity index (χ2n) is 15.9. The largest absolute Gasteiger partial charge is 0.381 e. The van der Waals surface area contributed by atoms with Crippen molar-refractivity contribution in [1.29, 1.82) is 0 Å². The van der Waals surface area contributed by atoms with E-state index >= 15 is 0 Å². The van der Waals surface area contributed by atoms with Gasteiger partial charge in [0.2, 0.25) is 5.95 Å². The fourth-order valence-corrected chi connectivity index (χ4v) is 10.2. The van der Waals surface area contributed by atoms with E-state index in [1.165, 1.54) is 11.1 Å². The molecule has 270 valence electrons. The predicted octanol–water partition coefficient (Wildman–Crippen LogP) is 4.37. The number of fused-ring (bicyclic) bond motifs is 5. The van der Waals surface area contributed by atoms with Crippen molar-refractivity contribution in [1.82, 2.24) is 19.8 Å². The first-order chi connectivity index (χ1) is 23.0. The summed E-state index contributed by atoms with van der Waals surface area (Å²) in [5.41, 5.74) is 0.981. The molecule has 1 aromatic rings. The van der Waals surface area contributed by atoms with E-state index in [9.17, 15) is 14.7 Å². The molecule has 2 saturated carbocycles. The van der Waals surface area contributed by atoms with Crippen molar-refractivity contribution in [2.75, 3.05) is 93.7 Å².